The number of thiophene rings is 1. The minimum Gasteiger partial charge on any atom is -0.356 e. The number of hydrogen-bond acceptors (Lipinski definition) is 2. The summed E-state index contributed by atoms with van der Waals surface area (Å²) in [5.41, 5.74) is 1.14. The molecular formula is C16H18ClNOS. The van der Waals surface area contributed by atoms with E-state index in [1.807, 2.05) is 30.3 Å². The van der Waals surface area contributed by atoms with Crippen LogP contribution in [0.25, 0.3) is 10.4 Å². The normalized spacial score (nSPS) is 10.5. The van der Waals surface area contributed by atoms with Gasteiger partial charge >= 0.3 is 0 Å². The largest absolute Gasteiger partial charge is 0.356 e. The van der Waals surface area contributed by atoms with Crippen LogP contribution in [0.2, 0.25) is 5.02 Å². The molecule has 2 nitrogen and oxygen atoms in total. The van der Waals surface area contributed by atoms with Gasteiger partial charge in [0.25, 0.3) is 0 Å². The van der Waals surface area contributed by atoms with E-state index in [1.54, 1.807) is 11.3 Å². The lowest BCUT2D eigenvalue weighted by atomic mass is 10.2. The summed E-state index contributed by atoms with van der Waals surface area (Å²) in [6.45, 7) is 2.88. The van der Waals surface area contributed by atoms with E-state index in [0.717, 1.165) is 39.7 Å². The second kappa shape index (κ2) is 7.46. The van der Waals surface area contributed by atoms with Crippen molar-refractivity contribution in [2.75, 3.05) is 6.54 Å². The maximum absolute atomic E-state index is 11.8. The van der Waals surface area contributed by atoms with Crippen molar-refractivity contribution in [3.05, 3.63) is 46.3 Å². The van der Waals surface area contributed by atoms with Crippen molar-refractivity contribution in [3.63, 3.8) is 0 Å². The van der Waals surface area contributed by atoms with Crippen LogP contribution in [0.1, 0.15) is 24.6 Å². The molecule has 0 aliphatic heterocycles. The Labute approximate surface area is 128 Å². The highest BCUT2D eigenvalue weighted by atomic mass is 35.5. The summed E-state index contributed by atoms with van der Waals surface area (Å²) in [5, 5.41) is 3.68. The fourth-order valence-corrected chi connectivity index (χ4v) is 3.01. The first kappa shape index (κ1) is 15.1. The van der Waals surface area contributed by atoms with Crippen LogP contribution in [0.4, 0.5) is 0 Å². The van der Waals surface area contributed by atoms with Crippen LogP contribution < -0.4 is 5.32 Å². The Bertz CT molecular complexity index is 562. The van der Waals surface area contributed by atoms with Gasteiger partial charge in [-0.1, -0.05) is 37.1 Å². The van der Waals surface area contributed by atoms with Crippen LogP contribution in [0.15, 0.2) is 36.4 Å². The molecule has 1 N–H and O–H groups in total. The van der Waals surface area contributed by atoms with Gasteiger partial charge in [0, 0.05) is 21.3 Å². The van der Waals surface area contributed by atoms with E-state index in [4.69, 9.17) is 11.6 Å². The fraction of sp³-hybridized carbons (Fsp3) is 0.312. The summed E-state index contributed by atoms with van der Waals surface area (Å²) in [6, 6.07) is 11.8. The molecule has 1 aromatic carbocycles. The van der Waals surface area contributed by atoms with Gasteiger partial charge in [-0.3, -0.25) is 4.79 Å². The van der Waals surface area contributed by atoms with Crippen molar-refractivity contribution < 1.29 is 4.79 Å². The third-order valence-corrected chi connectivity index (χ3v) is 4.36. The van der Waals surface area contributed by atoms with Crippen LogP contribution in [0, 0.1) is 0 Å². The summed E-state index contributed by atoms with van der Waals surface area (Å²) in [5.74, 6) is 0.1000. The van der Waals surface area contributed by atoms with E-state index >= 15 is 0 Å². The lowest BCUT2D eigenvalue weighted by molar-refractivity contribution is -0.120. The Kier molecular flexibility index (Phi) is 5.62. The summed E-state index contributed by atoms with van der Waals surface area (Å²) < 4.78 is 0. The molecule has 2 rings (SSSR count). The maximum Gasteiger partial charge on any atom is 0.225 e. The van der Waals surface area contributed by atoms with Crippen molar-refractivity contribution in [2.24, 2.45) is 0 Å². The molecule has 20 heavy (non-hydrogen) atoms. The number of carbonyl (C=O) groups is 1. The zero-order chi connectivity index (χ0) is 14.4. The van der Waals surface area contributed by atoms with Gasteiger partial charge in [0.05, 0.1) is 6.42 Å². The van der Waals surface area contributed by atoms with Crippen LogP contribution >= 0.6 is 22.9 Å². The predicted molar refractivity (Wildman–Crippen MR) is 86.4 cm³/mol. The maximum atomic E-state index is 11.8. The van der Waals surface area contributed by atoms with E-state index in [1.165, 1.54) is 0 Å². The molecule has 0 fully saturated rings. The molecule has 0 spiro atoms. The average molecular weight is 308 g/mol. The molecule has 2 aromatic rings. The zero-order valence-corrected chi connectivity index (χ0v) is 13.1. The summed E-state index contributed by atoms with van der Waals surface area (Å²) in [4.78, 5) is 14.0. The van der Waals surface area contributed by atoms with Gasteiger partial charge in [-0.2, -0.15) is 0 Å². The first-order valence-electron chi connectivity index (χ1n) is 6.80. The molecule has 0 aliphatic rings. The standard InChI is InChI=1S/C16H18ClNOS/c1-2-3-10-18-16(19)11-14-8-9-15(20-14)12-4-6-13(17)7-5-12/h4-9H,2-3,10-11H2,1H3,(H,18,19). The minimum absolute atomic E-state index is 0.1000. The van der Waals surface area contributed by atoms with Crippen molar-refractivity contribution >= 4 is 28.8 Å². The van der Waals surface area contributed by atoms with Crippen LogP contribution in [-0.4, -0.2) is 12.5 Å². The molecule has 0 radical (unpaired) electrons. The summed E-state index contributed by atoms with van der Waals surface area (Å²) in [6.07, 6.45) is 2.59. The topological polar surface area (TPSA) is 29.1 Å². The SMILES string of the molecule is CCCCNC(=O)Cc1ccc(-c2ccc(Cl)cc2)s1. The van der Waals surface area contributed by atoms with E-state index < -0.39 is 0 Å². The Hall–Kier alpha value is -1.32. The molecule has 0 saturated carbocycles. The number of carbonyl (C=O) groups excluding carboxylic acids is 1. The molecule has 0 bridgehead atoms. The van der Waals surface area contributed by atoms with Crippen molar-refractivity contribution in [3.8, 4) is 10.4 Å². The Morgan fingerprint density at radius 2 is 1.95 bits per heavy atom. The minimum atomic E-state index is 0.1000. The third kappa shape index (κ3) is 4.36. The lowest BCUT2D eigenvalue weighted by Gasteiger charge is -2.02. The average Bonchev–Trinajstić information content (AvgIpc) is 2.88. The number of unbranched alkanes of at least 4 members (excludes halogenated alkanes) is 1. The van der Waals surface area contributed by atoms with E-state index in [2.05, 4.69) is 18.3 Å². The van der Waals surface area contributed by atoms with Crippen LogP contribution in [-0.2, 0) is 11.2 Å². The van der Waals surface area contributed by atoms with Gasteiger partial charge < -0.3 is 5.32 Å². The number of hydrogen-bond donors (Lipinski definition) is 1. The molecule has 0 aliphatic carbocycles. The molecule has 1 heterocycles. The first-order chi connectivity index (χ1) is 9.69. The van der Waals surface area contributed by atoms with Gasteiger partial charge in [-0.25, -0.2) is 0 Å². The van der Waals surface area contributed by atoms with Crippen LogP contribution in [0.5, 0.6) is 0 Å². The fourth-order valence-electron chi connectivity index (χ4n) is 1.87. The molecule has 0 saturated heterocycles. The number of benzene rings is 1. The highest BCUT2D eigenvalue weighted by Gasteiger charge is 2.07. The highest BCUT2D eigenvalue weighted by molar-refractivity contribution is 7.15. The molecule has 0 unspecified atom stereocenters. The van der Waals surface area contributed by atoms with E-state index in [0.29, 0.717) is 6.42 Å². The smallest absolute Gasteiger partial charge is 0.225 e. The second-order valence-corrected chi connectivity index (χ2v) is 6.26. The van der Waals surface area contributed by atoms with Gasteiger partial charge in [-0.05, 0) is 36.2 Å². The predicted octanol–water partition coefficient (Wildman–Crippen LogP) is 4.53. The number of rotatable bonds is 6. The molecule has 0 atom stereocenters. The van der Waals surface area contributed by atoms with Gasteiger partial charge in [0.1, 0.15) is 0 Å². The monoisotopic (exact) mass is 307 g/mol. The van der Waals surface area contributed by atoms with Gasteiger partial charge in [0.2, 0.25) is 5.91 Å². The summed E-state index contributed by atoms with van der Waals surface area (Å²) in [7, 11) is 0. The Balaban J connectivity index is 1.95. The van der Waals surface area contributed by atoms with E-state index in [-0.39, 0.29) is 5.91 Å². The molecule has 1 amide bonds. The first-order valence-corrected chi connectivity index (χ1v) is 8.00. The Morgan fingerprint density at radius 1 is 1.20 bits per heavy atom. The zero-order valence-electron chi connectivity index (χ0n) is 11.5. The second-order valence-electron chi connectivity index (χ2n) is 4.65. The quantitative estimate of drug-likeness (QED) is 0.781. The summed E-state index contributed by atoms with van der Waals surface area (Å²) >= 11 is 7.54. The Morgan fingerprint density at radius 3 is 2.65 bits per heavy atom. The van der Waals surface area contributed by atoms with Crippen molar-refractivity contribution in [1.29, 1.82) is 0 Å². The van der Waals surface area contributed by atoms with Crippen LogP contribution in [0.3, 0.4) is 0 Å². The lowest BCUT2D eigenvalue weighted by Crippen LogP contribution is -2.25. The van der Waals surface area contributed by atoms with Gasteiger partial charge in [0.15, 0.2) is 0 Å². The number of amides is 1. The van der Waals surface area contributed by atoms with Crippen molar-refractivity contribution in [1.82, 2.24) is 5.32 Å². The number of nitrogens with one attached hydrogen (secondary N) is 1. The molecule has 106 valence electrons. The number of halogens is 1. The molecular weight excluding hydrogens is 290 g/mol. The third-order valence-electron chi connectivity index (χ3n) is 2.98. The molecule has 4 heteroatoms. The highest BCUT2D eigenvalue weighted by Crippen LogP contribution is 2.29. The van der Waals surface area contributed by atoms with Crippen molar-refractivity contribution in [2.45, 2.75) is 26.2 Å². The van der Waals surface area contributed by atoms with E-state index in [9.17, 15) is 4.79 Å². The van der Waals surface area contributed by atoms with Gasteiger partial charge in [-0.15, -0.1) is 11.3 Å². The molecule has 1 aromatic heterocycles.